The van der Waals surface area contributed by atoms with Gasteiger partial charge in [-0.1, -0.05) is 31.1 Å². The smallest absolute Gasteiger partial charge is 0.252 e. The highest BCUT2D eigenvalue weighted by atomic mass is 32.1. The first-order valence-electron chi connectivity index (χ1n) is 13.1. The van der Waals surface area contributed by atoms with E-state index < -0.39 is 0 Å². The first-order valence-corrected chi connectivity index (χ1v) is 13.9. The molecule has 0 unspecified atom stereocenters. The number of amides is 1. The van der Waals surface area contributed by atoms with Gasteiger partial charge in [-0.2, -0.15) is 5.10 Å². The molecular weight excluding hydrogens is 494 g/mol. The van der Waals surface area contributed by atoms with Crippen LogP contribution in [0.3, 0.4) is 0 Å². The lowest BCUT2D eigenvalue weighted by molar-refractivity contribution is 0.0966. The fraction of sp³-hybridized carbons (Fsp3) is 0.300. The average Bonchev–Trinajstić information content (AvgIpc) is 3.68. The van der Waals surface area contributed by atoms with Crippen LogP contribution in [0.1, 0.15) is 51.5 Å². The maximum absolute atomic E-state index is 13.4. The summed E-state index contributed by atoms with van der Waals surface area (Å²) >= 11 is 1.64. The quantitative estimate of drug-likeness (QED) is 0.239. The minimum Gasteiger partial charge on any atom is -0.399 e. The summed E-state index contributed by atoms with van der Waals surface area (Å²) in [6.07, 6.45) is 3.81. The van der Waals surface area contributed by atoms with Gasteiger partial charge >= 0.3 is 0 Å². The second-order valence-electron chi connectivity index (χ2n) is 10.6. The normalized spacial score (nSPS) is 14.8. The predicted molar refractivity (Wildman–Crippen MR) is 152 cm³/mol. The first-order chi connectivity index (χ1) is 18.5. The fourth-order valence-electron chi connectivity index (χ4n) is 6.36. The molecule has 2 aliphatic rings. The van der Waals surface area contributed by atoms with Gasteiger partial charge < -0.3 is 14.7 Å². The van der Waals surface area contributed by atoms with Crippen molar-refractivity contribution < 1.29 is 9.63 Å². The number of nitrogens with one attached hydrogen (secondary N) is 1. The van der Waals surface area contributed by atoms with Crippen molar-refractivity contribution >= 4 is 44.8 Å². The van der Waals surface area contributed by atoms with Crippen molar-refractivity contribution in [2.75, 3.05) is 7.11 Å². The van der Waals surface area contributed by atoms with Crippen LogP contribution in [0.15, 0.2) is 47.1 Å². The summed E-state index contributed by atoms with van der Waals surface area (Å²) in [5.41, 5.74) is 10.7. The summed E-state index contributed by atoms with van der Waals surface area (Å²) in [5.74, 6) is 0.474. The molecule has 2 aromatic carbocycles. The van der Waals surface area contributed by atoms with Gasteiger partial charge in [-0.3, -0.25) is 9.48 Å². The van der Waals surface area contributed by atoms with Gasteiger partial charge in [0, 0.05) is 59.3 Å². The first kappa shape index (κ1) is 23.2. The van der Waals surface area contributed by atoms with Gasteiger partial charge in [0.05, 0.1) is 21.7 Å². The van der Waals surface area contributed by atoms with Gasteiger partial charge in [0.1, 0.15) is 12.8 Å². The lowest BCUT2D eigenvalue weighted by Gasteiger charge is -2.22. The van der Waals surface area contributed by atoms with Crippen molar-refractivity contribution in [2.45, 2.75) is 39.8 Å². The molecule has 1 amide bonds. The molecule has 0 fully saturated rings. The second kappa shape index (κ2) is 8.56. The van der Waals surface area contributed by atoms with Gasteiger partial charge in [0.2, 0.25) is 0 Å². The molecule has 0 spiro atoms. The fourth-order valence-corrected chi connectivity index (χ4v) is 7.09. The number of fused-ring (bicyclic) bond motifs is 10. The Morgan fingerprint density at radius 1 is 1.21 bits per heavy atom. The molecule has 1 aliphatic heterocycles. The lowest BCUT2D eigenvalue weighted by atomic mass is 9.82. The van der Waals surface area contributed by atoms with Gasteiger partial charge in [-0.05, 0) is 53.5 Å². The zero-order valence-corrected chi connectivity index (χ0v) is 22.8. The Kier molecular flexibility index (Phi) is 5.23. The largest absolute Gasteiger partial charge is 0.399 e. The third-order valence-corrected chi connectivity index (χ3v) is 8.58. The second-order valence-corrected chi connectivity index (χ2v) is 11.6. The van der Waals surface area contributed by atoms with E-state index in [0.717, 1.165) is 68.9 Å². The van der Waals surface area contributed by atoms with E-state index >= 15 is 0 Å². The molecule has 5 aromatic rings. The molecule has 0 atom stereocenters. The molecule has 3 aromatic heterocycles. The molecule has 38 heavy (non-hydrogen) atoms. The molecular formula is C30H29N5O2S. The minimum absolute atomic E-state index is 0.0102. The number of thiophene rings is 1. The number of aromatic nitrogens is 3. The van der Waals surface area contributed by atoms with Crippen LogP contribution in [0.25, 0.3) is 32.9 Å². The maximum Gasteiger partial charge on any atom is 0.252 e. The van der Waals surface area contributed by atoms with Crippen LogP contribution in [0, 0.1) is 5.92 Å². The van der Waals surface area contributed by atoms with Crippen LogP contribution in [0.2, 0.25) is 0 Å². The highest BCUT2D eigenvalue weighted by Gasteiger charge is 2.35. The number of nitrogens with zero attached hydrogens (tertiary/aromatic N) is 4. The van der Waals surface area contributed by atoms with Gasteiger partial charge in [0.25, 0.3) is 5.91 Å². The van der Waals surface area contributed by atoms with Crippen molar-refractivity contribution in [3.63, 3.8) is 0 Å². The molecule has 0 radical (unpaired) electrons. The van der Waals surface area contributed by atoms with E-state index in [1.54, 1.807) is 18.4 Å². The number of rotatable bonds is 5. The molecule has 7 rings (SSSR count). The topological polar surface area (TPSA) is 73.4 Å². The zero-order chi connectivity index (χ0) is 26.1. The summed E-state index contributed by atoms with van der Waals surface area (Å²) in [6.45, 7) is 5.95. The van der Waals surface area contributed by atoms with Gasteiger partial charge in [0.15, 0.2) is 0 Å². The Morgan fingerprint density at radius 3 is 2.84 bits per heavy atom. The Balaban J connectivity index is 1.61. The SMILES string of the molecule is CON=C(c1ccc2c(c1)c1c3c(c4c(c1n2CC(C)C)CCc1nn(C)cc1-4)C(=O)NC3)c1cccs1. The molecule has 8 heteroatoms. The molecule has 1 N–H and O–H groups in total. The number of oxime groups is 1. The monoisotopic (exact) mass is 523 g/mol. The number of hydrogen-bond donors (Lipinski definition) is 1. The molecule has 192 valence electrons. The van der Waals surface area contributed by atoms with Crippen molar-refractivity contribution in [3.05, 3.63) is 74.7 Å². The highest BCUT2D eigenvalue weighted by Crippen LogP contribution is 2.47. The summed E-state index contributed by atoms with van der Waals surface area (Å²) in [4.78, 5) is 19.7. The lowest BCUT2D eigenvalue weighted by Crippen LogP contribution is -2.15. The highest BCUT2D eigenvalue weighted by molar-refractivity contribution is 7.12. The van der Waals surface area contributed by atoms with Crippen LogP contribution in [0.5, 0.6) is 0 Å². The summed E-state index contributed by atoms with van der Waals surface area (Å²) < 4.78 is 4.36. The van der Waals surface area contributed by atoms with Crippen LogP contribution >= 0.6 is 11.3 Å². The average molecular weight is 524 g/mol. The van der Waals surface area contributed by atoms with Crippen molar-refractivity contribution in [1.82, 2.24) is 19.7 Å². The van der Waals surface area contributed by atoms with Crippen molar-refractivity contribution in [1.29, 1.82) is 0 Å². The van der Waals surface area contributed by atoms with E-state index in [1.807, 2.05) is 17.8 Å². The summed E-state index contributed by atoms with van der Waals surface area (Å²) in [7, 11) is 3.55. The van der Waals surface area contributed by atoms with Crippen molar-refractivity contribution in [2.24, 2.45) is 18.1 Å². The Morgan fingerprint density at radius 2 is 2.08 bits per heavy atom. The standard InChI is InChI=1S/C30H29N5O2S/c1-16(2)14-35-23-10-7-17(28(33-37-4)24-6-5-11-38-24)12-19(23)26-20-13-31-30(36)27(20)25-18(29(26)35)8-9-22-21(25)15-34(3)32-22/h5-7,10-12,15-16H,8-9,13-14H2,1-4H3,(H,31,36). The third kappa shape index (κ3) is 3.29. The molecule has 0 saturated heterocycles. The van der Waals surface area contributed by atoms with Crippen molar-refractivity contribution in [3.8, 4) is 11.1 Å². The molecule has 7 nitrogen and oxygen atoms in total. The predicted octanol–water partition coefficient (Wildman–Crippen LogP) is 5.65. The van der Waals surface area contributed by atoms with E-state index in [4.69, 9.17) is 9.94 Å². The summed E-state index contributed by atoms with van der Waals surface area (Å²) in [6, 6.07) is 10.7. The van der Waals surface area contributed by atoms with Gasteiger partial charge in [-0.25, -0.2) is 0 Å². The number of benzene rings is 2. The van der Waals surface area contributed by atoms with Crippen LogP contribution in [0.4, 0.5) is 0 Å². The summed E-state index contributed by atoms with van der Waals surface area (Å²) in [5, 5.41) is 16.7. The van der Waals surface area contributed by atoms with Crippen LogP contribution in [-0.4, -0.2) is 33.1 Å². The van der Waals surface area contributed by atoms with Gasteiger partial charge in [-0.15, -0.1) is 11.3 Å². The molecule has 0 saturated carbocycles. The van der Waals surface area contributed by atoms with Crippen LogP contribution in [-0.2, 0) is 37.8 Å². The Hall–Kier alpha value is -3.91. The third-order valence-electron chi connectivity index (χ3n) is 7.70. The molecule has 4 heterocycles. The van der Waals surface area contributed by atoms with E-state index in [9.17, 15) is 4.79 Å². The Bertz CT molecular complexity index is 1790. The number of carbonyl (C=O) groups is 1. The maximum atomic E-state index is 13.4. The number of aryl methyl sites for hydroxylation is 3. The molecule has 0 bridgehead atoms. The van der Waals surface area contributed by atoms with Crippen LogP contribution < -0.4 is 5.32 Å². The number of hydrogen-bond acceptors (Lipinski definition) is 5. The van der Waals surface area contributed by atoms with E-state index in [1.165, 1.54) is 22.0 Å². The van der Waals surface area contributed by atoms with E-state index in [-0.39, 0.29) is 5.91 Å². The Labute approximate surface area is 224 Å². The minimum atomic E-state index is 0.0102. The van der Waals surface area contributed by atoms with E-state index in [2.05, 4.69) is 64.7 Å². The zero-order valence-electron chi connectivity index (χ0n) is 22.0. The number of carbonyl (C=O) groups excluding carboxylic acids is 1. The van der Waals surface area contributed by atoms with E-state index in [0.29, 0.717) is 12.5 Å². The molecule has 1 aliphatic carbocycles.